The molecule has 0 aliphatic carbocycles. The van der Waals surface area contributed by atoms with E-state index in [-0.39, 0.29) is 24.8 Å². The van der Waals surface area contributed by atoms with Crippen LogP contribution in [0.25, 0.3) is 0 Å². The maximum atomic E-state index is 13.1. The molecule has 7 nitrogen and oxygen atoms in total. The first-order chi connectivity index (χ1) is 15.9. The highest BCUT2D eigenvalue weighted by molar-refractivity contribution is 6.03. The Balaban J connectivity index is 1.43. The Bertz CT molecular complexity index is 938. The summed E-state index contributed by atoms with van der Waals surface area (Å²) in [7, 11) is 0. The number of ether oxygens (including phenoxy) is 1. The number of likely N-dealkylation sites (tertiary alicyclic amines) is 1. The van der Waals surface area contributed by atoms with Crippen molar-refractivity contribution in [1.29, 1.82) is 0 Å². The molecule has 0 bridgehead atoms. The topological polar surface area (TPSA) is 87.7 Å². The molecule has 7 heteroatoms. The van der Waals surface area contributed by atoms with Gasteiger partial charge < -0.3 is 20.3 Å². The first-order valence-corrected chi connectivity index (χ1v) is 11.5. The molecule has 0 spiro atoms. The van der Waals surface area contributed by atoms with E-state index in [2.05, 4.69) is 24.5 Å². The second kappa shape index (κ2) is 12.0. The van der Waals surface area contributed by atoms with Gasteiger partial charge in [-0.1, -0.05) is 56.3 Å². The quantitative estimate of drug-likeness (QED) is 0.581. The highest BCUT2D eigenvalue weighted by Gasteiger charge is 2.27. The normalized spacial score (nSPS) is 17.8. The Morgan fingerprint density at radius 1 is 0.970 bits per heavy atom. The van der Waals surface area contributed by atoms with Crippen molar-refractivity contribution in [2.75, 3.05) is 25.0 Å². The molecule has 0 saturated carbocycles. The van der Waals surface area contributed by atoms with Crippen LogP contribution in [-0.4, -0.2) is 42.4 Å². The van der Waals surface area contributed by atoms with Gasteiger partial charge in [0.25, 0.3) is 5.91 Å². The van der Waals surface area contributed by atoms with E-state index in [4.69, 9.17) is 4.74 Å². The average Bonchev–Trinajstić information content (AvgIpc) is 2.80. The van der Waals surface area contributed by atoms with E-state index in [1.807, 2.05) is 41.3 Å². The van der Waals surface area contributed by atoms with Crippen LogP contribution < -0.4 is 10.6 Å². The number of piperidine rings is 1. The van der Waals surface area contributed by atoms with Crippen molar-refractivity contribution in [2.45, 2.75) is 39.7 Å². The SMILES string of the molecule is CC1CC(C)CN(C(=O)c2ccccc2NC(=O)CCCNC(=O)OCc2ccccc2)C1. The van der Waals surface area contributed by atoms with Crippen LogP contribution in [0, 0.1) is 11.8 Å². The van der Waals surface area contributed by atoms with Crippen LogP contribution >= 0.6 is 0 Å². The van der Waals surface area contributed by atoms with Gasteiger partial charge in [-0.2, -0.15) is 0 Å². The number of amides is 3. The molecule has 2 atom stereocenters. The molecule has 0 aromatic heterocycles. The van der Waals surface area contributed by atoms with Gasteiger partial charge in [0.05, 0.1) is 11.3 Å². The zero-order valence-electron chi connectivity index (χ0n) is 19.4. The fraction of sp³-hybridized carbons (Fsp3) is 0.423. The predicted octanol–water partition coefficient (Wildman–Crippen LogP) is 4.45. The Kier molecular flexibility index (Phi) is 8.87. The zero-order chi connectivity index (χ0) is 23.6. The van der Waals surface area contributed by atoms with Gasteiger partial charge in [0.1, 0.15) is 6.61 Å². The summed E-state index contributed by atoms with van der Waals surface area (Å²) in [4.78, 5) is 39.2. The summed E-state index contributed by atoms with van der Waals surface area (Å²) in [5, 5.41) is 5.51. The van der Waals surface area contributed by atoms with E-state index in [0.29, 0.717) is 36.1 Å². The molecule has 1 aliphatic heterocycles. The van der Waals surface area contributed by atoms with Gasteiger partial charge in [-0.25, -0.2) is 4.79 Å². The molecule has 3 amide bonds. The van der Waals surface area contributed by atoms with Crippen LogP contribution in [-0.2, 0) is 16.1 Å². The summed E-state index contributed by atoms with van der Waals surface area (Å²) >= 11 is 0. The second-order valence-electron chi connectivity index (χ2n) is 8.84. The van der Waals surface area contributed by atoms with E-state index >= 15 is 0 Å². The molecule has 1 fully saturated rings. The van der Waals surface area contributed by atoms with Crippen LogP contribution in [0.2, 0.25) is 0 Å². The van der Waals surface area contributed by atoms with Crippen molar-refractivity contribution >= 4 is 23.6 Å². The number of nitrogens with zero attached hydrogens (tertiary/aromatic N) is 1. The first-order valence-electron chi connectivity index (χ1n) is 11.5. The number of hydrogen-bond acceptors (Lipinski definition) is 4. The van der Waals surface area contributed by atoms with Gasteiger partial charge >= 0.3 is 6.09 Å². The molecule has 1 aliphatic rings. The largest absolute Gasteiger partial charge is 0.445 e. The Hall–Kier alpha value is -3.35. The number of para-hydroxylation sites is 1. The van der Waals surface area contributed by atoms with Crippen LogP contribution in [0.4, 0.5) is 10.5 Å². The van der Waals surface area contributed by atoms with Crippen LogP contribution in [0.5, 0.6) is 0 Å². The Morgan fingerprint density at radius 3 is 2.36 bits per heavy atom. The van der Waals surface area contributed by atoms with Crippen molar-refractivity contribution in [3.05, 3.63) is 65.7 Å². The number of carbonyl (C=O) groups is 3. The minimum absolute atomic E-state index is 0.0490. The van der Waals surface area contributed by atoms with Crippen molar-refractivity contribution in [3.63, 3.8) is 0 Å². The van der Waals surface area contributed by atoms with Gasteiger partial charge in [0.15, 0.2) is 0 Å². The third-order valence-electron chi connectivity index (χ3n) is 5.65. The third-order valence-corrected chi connectivity index (χ3v) is 5.65. The molecule has 2 N–H and O–H groups in total. The number of anilines is 1. The number of hydrogen-bond donors (Lipinski definition) is 2. The molecule has 33 heavy (non-hydrogen) atoms. The van der Waals surface area contributed by atoms with E-state index in [9.17, 15) is 14.4 Å². The predicted molar refractivity (Wildman–Crippen MR) is 128 cm³/mol. The summed E-state index contributed by atoms with van der Waals surface area (Å²) in [5.41, 5.74) is 1.94. The first kappa shape index (κ1) is 24.3. The molecule has 176 valence electrons. The van der Waals surface area contributed by atoms with E-state index in [1.54, 1.807) is 18.2 Å². The minimum Gasteiger partial charge on any atom is -0.445 e. The monoisotopic (exact) mass is 451 g/mol. The molecule has 3 rings (SSSR count). The van der Waals surface area contributed by atoms with E-state index < -0.39 is 6.09 Å². The maximum absolute atomic E-state index is 13.1. The molecule has 2 aromatic carbocycles. The number of nitrogens with one attached hydrogen (secondary N) is 2. The Morgan fingerprint density at radius 2 is 1.64 bits per heavy atom. The van der Waals surface area contributed by atoms with Crippen molar-refractivity contribution < 1.29 is 19.1 Å². The maximum Gasteiger partial charge on any atom is 0.407 e. The molecular weight excluding hydrogens is 418 g/mol. The summed E-state index contributed by atoms with van der Waals surface area (Å²) in [6.45, 7) is 6.32. The van der Waals surface area contributed by atoms with Crippen LogP contribution in [0.3, 0.4) is 0 Å². The zero-order valence-corrected chi connectivity index (χ0v) is 19.4. The van der Waals surface area contributed by atoms with Gasteiger partial charge in [0.2, 0.25) is 5.91 Å². The summed E-state index contributed by atoms with van der Waals surface area (Å²) in [6, 6.07) is 16.6. The lowest BCUT2D eigenvalue weighted by molar-refractivity contribution is -0.116. The smallest absolute Gasteiger partial charge is 0.407 e. The standard InChI is InChI=1S/C26H33N3O4/c1-19-15-20(2)17-29(16-19)25(31)22-11-6-7-12-23(22)28-24(30)13-8-14-27-26(32)33-18-21-9-4-3-5-10-21/h3-7,9-12,19-20H,8,13-18H2,1-2H3,(H,27,32)(H,28,30). The van der Waals surface area contributed by atoms with Crippen molar-refractivity contribution in [1.82, 2.24) is 10.2 Å². The van der Waals surface area contributed by atoms with Crippen LogP contribution in [0.15, 0.2) is 54.6 Å². The molecule has 2 aromatic rings. The number of carbonyl (C=O) groups excluding carboxylic acids is 3. The van der Waals surface area contributed by atoms with Gasteiger partial charge in [0, 0.05) is 26.1 Å². The summed E-state index contributed by atoms with van der Waals surface area (Å²) in [5.74, 6) is 0.680. The highest BCUT2D eigenvalue weighted by Crippen LogP contribution is 2.25. The lowest BCUT2D eigenvalue weighted by Crippen LogP contribution is -2.42. The third kappa shape index (κ3) is 7.63. The van der Waals surface area contributed by atoms with Gasteiger partial charge in [-0.05, 0) is 42.4 Å². The van der Waals surface area contributed by atoms with Gasteiger partial charge in [-0.15, -0.1) is 0 Å². The van der Waals surface area contributed by atoms with E-state index in [0.717, 1.165) is 25.1 Å². The molecule has 1 heterocycles. The summed E-state index contributed by atoms with van der Waals surface area (Å²) in [6.07, 6.45) is 1.29. The fourth-order valence-corrected chi connectivity index (χ4v) is 4.20. The molecule has 2 unspecified atom stereocenters. The Labute approximate surface area is 195 Å². The number of alkyl carbamates (subject to hydrolysis) is 1. The minimum atomic E-state index is -0.514. The molecular formula is C26H33N3O4. The summed E-state index contributed by atoms with van der Waals surface area (Å²) < 4.78 is 5.15. The highest BCUT2D eigenvalue weighted by atomic mass is 16.5. The van der Waals surface area contributed by atoms with Crippen LogP contribution in [0.1, 0.15) is 49.0 Å². The lowest BCUT2D eigenvalue weighted by Gasteiger charge is -2.35. The molecule has 0 radical (unpaired) electrons. The van der Waals surface area contributed by atoms with Crippen molar-refractivity contribution in [2.24, 2.45) is 11.8 Å². The number of rotatable bonds is 8. The molecule has 1 saturated heterocycles. The van der Waals surface area contributed by atoms with Crippen molar-refractivity contribution in [3.8, 4) is 0 Å². The second-order valence-corrected chi connectivity index (χ2v) is 8.84. The van der Waals surface area contributed by atoms with E-state index in [1.165, 1.54) is 0 Å². The number of benzene rings is 2. The average molecular weight is 452 g/mol. The van der Waals surface area contributed by atoms with Gasteiger partial charge in [-0.3, -0.25) is 9.59 Å². The lowest BCUT2D eigenvalue weighted by atomic mass is 9.91. The fourth-order valence-electron chi connectivity index (χ4n) is 4.20.